The zero-order chi connectivity index (χ0) is 12.3. The molecule has 0 aromatic carbocycles. The third-order valence-corrected chi connectivity index (χ3v) is 5.94. The van der Waals surface area contributed by atoms with E-state index in [2.05, 4.69) is 19.3 Å². The monoisotopic (exact) mass is 236 g/mol. The highest BCUT2D eigenvalue weighted by Crippen LogP contribution is 2.67. The van der Waals surface area contributed by atoms with Crippen LogP contribution in [0.15, 0.2) is 0 Å². The lowest BCUT2D eigenvalue weighted by molar-refractivity contribution is -0.163. The zero-order valence-corrected chi connectivity index (χ0v) is 11.0. The molecule has 96 valence electrons. The van der Waals surface area contributed by atoms with Gasteiger partial charge in [-0.05, 0) is 61.7 Å². The fraction of sp³-hybridized carbons (Fsp3) is 0.929. The van der Waals surface area contributed by atoms with Crippen LogP contribution in [0.4, 0.5) is 0 Å². The molecule has 0 unspecified atom stereocenters. The summed E-state index contributed by atoms with van der Waals surface area (Å²) >= 11 is 0. The van der Waals surface area contributed by atoms with Crippen molar-refractivity contribution in [1.29, 1.82) is 0 Å². The average molecular weight is 236 g/mol. The predicted octanol–water partition coefficient (Wildman–Crippen LogP) is 2.22. The third-order valence-electron chi connectivity index (χ3n) is 5.94. The molecule has 0 aliphatic heterocycles. The second kappa shape index (κ2) is 3.47. The third kappa shape index (κ3) is 1.48. The topological polar surface area (TPSA) is 55.1 Å². The summed E-state index contributed by atoms with van der Waals surface area (Å²) in [7, 11) is 0. The quantitative estimate of drug-likeness (QED) is 0.439. The van der Waals surface area contributed by atoms with Gasteiger partial charge in [0.05, 0.1) is 5.41 Å². The maximum Gasteiger partial charge on any atom is 0.240 e. The first-order chi connectivity index (χ1) is 8.00. The molecule has 4 aliphatic carbocycles. The Balaban J connectivity index is 1.97. The SMILES string of the molecule is CC(C)C12C[C@H]3C[C@@H](CC(C(=O)NN)(C3)C1)C2. The number of hydrazine groups is 1. The van der Waals surface area contributed by atoms with E-state index in [1.165, 1.54) is 19.3 Å². The summed E-state index contributed by atoms with van der Waals surface area (Å²) in [6.45, 7) is 4.67. The number of nitrogens with one attached hydrogen (secondary N) is 1. The van der Waals surface area contributed by atoms with E-state index >= 15 is 0 Å². The van der Waals surface area contributed by atoms with Gasteiger partial charge in [0.15, 0.2) is 0 Å². The van der Waals surface area contributed by atoms with Gasteiger partial charge in [-0.1, -0.05) is 13.8 Å². The van der Waals surface area contributed by atoms with Gasteiger partial charge < -0.3 is 0 Å². The lowest BCUT2D eigenvalue weighted by Gasteiger charge is -2.62. The first-order valence-corrected chi connectivity index (χ1v) is 7.01. The van der Waals surface area contributed by atoms with Gasteiger partial charge in [-0.25, -0.2) is 5.84 Å². The van der Waals surface area contributed by atoms with Crippen LogP contribution in [-0.2, 0) is 4.79 Å². The summed E-state index contributed by atoms with van der Waals surface area (Å²) in [5.74, 6) is 7.76. The van der Waals surface area contributed by atoms with Gasteiger partial charge in [-0.15, -0.1) is 0 Å². The van der Waals surface area contributed by atoms with Gasteiger partial charge in [-0.2, -0.15) is 0 Å². The molecule has 3 N–H and O–H groups in total. The Morgan fingerprint density at radius 3 is 2.29 bits per heavy atom. The normalized spacial score (nSPS) is 47.5. The number of hydrogen-bond donors (Lipinski definition) is 2. The minimum absolute atomic E-state index is 0.108. The van der Waals surface area contributed by atoms with Crippen LogP contribution in [0.2, 0.25) is 0 Å². The lowest BCUT2D eigenvalue weighted by atomic mass is 9.42. The lowest BCUT2D eigenvalue weighted by Crippen LogP contribution is -2.59. The van der Waals surface area contributed by atoms with Crippen LogP contribution in [0.1, 0.15) is 52.4 Å². The number of carbonyl (C=O) groups is 1. The molecule has 2 atom stereocenters. The number of amides is 1. The number of carbonyl (C=O) groups excluding carboxylic acids is 1. The Kier molecular flexibility index (Phi) is 2.35. The van der Waals surface area contributed by atoms with Crippen molar-refractivity contribution in [2.45, 2.75) is 52.4 Å². The highest BCUT2D eigenvalue weighted by Gasteiger charge is 2.61. The Morgan fingerprint density at radius 1 is 1.24 bits per heavy atom. The van der Waals surface area contributed by atoms with Gasteiger partial charge in [-0.3, -0.25) is 10.2 Å². The minimum Gasteiger partial charge on any atom is -0.294 e. The van der Waals surface area contributed by atoms with E-state index in [-0.39, 0.29) is 11.3 Å². The van der Waals surface area contributed by atoms with E-state index in [1.807, 2.05) is 0 Å². The van der Waals surface area contributed by atoms with Crippen LogP contribution in [0, 0.1) is 28.6 Å². The van der Waals surface area contributed by atoms with E-state index in [1.54, 1.807) is 0 Å². The predicted molar refractivity (Wildman–Crippen MR) is 66.7 cm³/mol. The molecule has 0 saturated heterocycles. The minimum atomic E-state index is -0.122. The van der Waals surface area contributed by atoms with Gasteiger partial charge in [0, 0.05) is 0 Å². The van der Waals surface area contributed by atoms with Crippen molar-refractivity contribution in [3.05, 3.63) is 0 Å². The molecular formula is C14H24N2O. The average Bonchev–Trinajstić information content (AvgIpc) is 2.26. The molecule has 0 aromatic rings. The Bertz CT molecular complexity index is 336. The van der Waals surface area contributed by atoms with E-state index in [0.717, 1.165) is 31.1 Å². The van der Waals surface area contributed by atoms with E-state index in [4.69, 9.17) is 5.84 Å². The van der Waals surface area contributed by atoms with Crippen molar-refractivity contribution < 1.29 is 4.79 Å². The molecule has 4 bridgehead atoms. The van der Waals surface area contributed by atoms with E-state index in [9.17, 15) is 4.79 Å². The molecule has 4 saturated carbocycles. The highest BCUT2D eigenvalue weighted by atomic mass is 16.2. The molecule has 4 rings (SSSR count). The second-order valence-corrected chi connectivity index (χ2v) is 7.23. The summed E-state index contributed by atoms with van der Waals surface area (Å²) < 4.78 is 0. The first kappa shape index (κ1) is 11.5. The molecule has 17 heavy (non-hydrogen) atoms. The van der Waals surface area contributed by atoms with Gasteiger partial charge in [0.25, 0.3) is 0 Å². The van der Waals surface area contributed by atoms with Gasteiger partial charge in [0.1, 0.15) is 0 Å². The van der Waals surface area contributed by atoms with Crippen molar-refractivity contribution >= 4 is 5.91 Å². The van der Waals surface area contributed by atoms with Crippen molar-refractivity contribution in [3.63, 3.8) is 0 Å². The molecule has 4 fully saturated rings. The molecule has 3 heteroatoms. The van der Waals surface area contributed by atoms with Gasteiger partial charge >= 0.3 is 0 Å². The van der Waals surface area contributed by atoms with Crippen LogP contribution in [0.25, 0.3) is 0 Å². The van der Waals surface area contributed by atoms with E-state index < -0.39 is 0 Å². The van der Waals surface area contributed by atoms with Crippen molar-refractivity contribution in [2.24, 2.45) is 34.4 Å². The Hall–Kier alpha value is -0.570. The molecule has 4 aliphatic rings. The highest BCUT2D eigenvalue weighted by molar-refractivity contribution is 5.82. The maximum atomic E-state index is 12.2. The van der Waals surface area contributed by atoms with Crippen LogP contribution in [0.5, 0.6) is 0 Å². The fourth-order valence-electron chi connectivity index (χ4n) is 5.43. The van der Waals surface area contributed by atoms with Crippen LogP contribution < -0.4 is 11.3 Å². The molecule has 0 heterocycles. The maximum absolute atomic E-state index is 12.2. The van der Waals surface area contributed by atoms with Crippen LogP contribution in [0.3, 0.4) is 0 Å². The van der Waals surface area contributed by atoms with Crippen molar-refractivity contribution in [2.75, 3.05) is 0 Å². The summed E-state index contributed by atoms with van der Waals surface area (Å²) in [4.78, 5) is 12.2. The van der Waals surface area contributed by atoms with Crippen molar-refractivity contribution in [1.82, 2.24) is 5.43 Å². The first-order valence-electron chi connectivity index (χ1n) is 7.01. The molecule has 3 nitrogen and oxygen atoms in total. The second-order valence-electron chi connectivity index (χ2n) is 7.23. The summed E-state index contributed by atoms with van der Waals surface area (Å²) in [5, 5.41) is 0. The summed E-state index contributed by atoms with van der Waals surface area (Å²) in [5.41, 5.74) is 2.74. The zero-order valence-electron chi connectivity index (χ0n) is 11.0. The largest absolute Gasteiger partial charge is 0.294 e. The number of rotatable bonds is 2. The van der Waals surface area contributed by atoms with Gasteiger partial charge in [0.2, 0.25) is 5.91 Å². The molecular weight excluding hydrogens is 212 g/mol. The number of hydrogen-bond acceptors (Lipinski definition) is 2. The fourth-order valence-corrected chi connectivity index (χ4v) is 5.43. The smallest absolute Gasteiger partial charge is 0.240 e. The Labute approximate surface area is 103 Å². The standard InChI is InChI=1S/C14H24N2O/c1-9(2)13-4-10-3-11(5-13)7-14(6-10,8-13)12(17)16-15/h9-11H,3-8,15H2,1-2H3,(H,16,17)/t10-,11-,13?,14?/m1/s1. The van der Waals surface area contributed by atoms with Crippen LogP contribution in [-0.4, -0.2) is 5.91 Å². The summed E-state index contributed by atoms with van der Waals surface area (Å²) in [6.07, 6.45) is 7.30. The van der Waals surface area contributed by atoms with Crippen LogP contribution >= 0.6 is 0 Å². The van der Waals surface area contributed by atoms with E-state index in [0.29, 0.717) is 11.3 Å². The molecule has 0 aromatic heterocycles. The molecule has 0 radical (unpaired) electrons. The number of nitrogens with two attached hydrogens (primary N) is 1. The summed E-state index contributed by atoms with van der Waals surface area (Å²) in [6, 6.07) is 0. The van der Waals surface area contributed by atoms with Crippen molar-refractivity contribution in [3.8, 4) is 0 Å². The molecule has 1 amide bonds. The molecule has 0 spiro atoms. The Morgan fingerprint density at radius 2 is 1.82 bits per heavy atom.